The van der Waals surface area contributed by atoms with E-state index in [-0.39, 0.29) is 24.3 Å². The second-order valence-electron chi connectivity index (χ2n) is 4.64. The molecule has 1 aromatic rings. The highest BCUT2D eigenvalue weighted by atomic mass is 16.5. The highest BCUT2D eigenvalue weighted by molar-refractivity contribution is 5.84. The third kappa shape index (κ3) is 6.33. The Balaban J connectivity index is 2.25. The summed E-state index contributed by atoms with van der Waals surface area (Å²) in [5.74, 6) is -0.196. The van der Waals surface area contributed by atoms with Crippen LogP contribution >= 0.6 is 0 Å². The van der Waals surface area contributed by atoms with Crippen LogP contribution in [0.1, 0.15) is 24.8 Å². The first-order valence-electron chi connectivity index (χ1n) is 6.70. The SMILES string of the molecule is COCCNC(=O)CNC(=O)CC(C)c1ccccc1. The smallest absolute Gasteiger partial charge is 0.239 e. The molecule has 0 fully saturated rings. The van der Waals surface area contributed by atoms with E-state index in [1.165, 1.54) is 0 Å². The molecular formula is C15H22N2O3. The van der Waals surface area contributed by atoms with E-state index in [9.17, 15) is 9.59 Å². The van der Waals surface area contributed by atoms with Crippen LogP contribution in [0.5, 0.6) is 0 Å². The van der Waals surface area contributed by atoms with Crippen LogP contribution in [0, 0.1) is 0 Å². The number of hydrogen-bond acceptors (Lipinski definition) is 3. The Bertz CT molecular complexity index is 420. The summed E-state index contributed by atoms with van der Waals surface area (Å²) in [6, 6.07) is 9.84. The van der Waals surface area contributed by atoms with E-state index >= 15 is 0 Å². The zero-order valence-corrected chi connectivity index (χ0v) is 12.0. The van der Waals surface area contributed by atoms with E-state index in [1.807, 2.05) is 37.3 Å². The Kier molecular flexibility index (Phi) is 7.35. The number of amides is 2. The normalized spacial score (nSPS) is 11.7. The van der Waals surface area contributed by atoms with Crippen LogP contribution < -0.4 is 10.6 Å². The quantitative estimate of drug-likeness (QED) is 0.699. The average Bonchev–Trinajstić information content (AvgIpc) is 2.46. The van der Waals surface area contributed by atoms with Crippen LogP contribution in [0.25, 0.3) is 0 Å². The van der Waals surface area contributed by atoms with Crippen molar-refractivity contribution < 1.29 is 14.3 Å². The lowest BCUT2D eigenvalue weighted by Gasteiger charge is -2.12. The minimum atomic E-state index is -0.206. The molecule has 1 aromatic carbocycles. The molecular weight excluding hydrogens is 256 g/mol. The second-order valence-corrected chi connectivity index (χ2v) is 4.64. The number of ether oxygens (including phenoxy) is 1. The molecule has 110 valence electrons. The van der Waals surface area contributed by atoms with Crippen molar-refractivity contribution in [3.8, 4) is 0 Å². The molecule has 0 saturated carbocycles. The van der Waals surface area contributed by atoms with Crippen molar-refractivity contribution in [2.45, 2.75) is 19.3 Å². The Morgan fingerprint density at radius 3 is 2.50 bits per heavy atom. The number of carbonyl (C=O) groups excluding carboxylic acids is 2. The van der Waals surface area contributed by atoms with E-state index in [0.29, 0.717) is 19.6 Å². The highest BCUT2D eigenvalue weighted by Crippen LogP contribution is 2.17. The molecule has 0 aliphatic heterocycles. The molecule has 0 radical (unpaired) electrons. The van der Waals surface area contributed by atoms with Crippen LogP contribution in [0.15, 0.2) is 30.3 Å². The number of carbonyl (C=O) groups is 2. The number of rotatable bonds is 8. The van der Waals surface area contributed by atoms with Gasteiger partial charge in [0.1, 0.15) is 0 Å². The molecule has 5 heteroatoms. The maximum absolute atomic E-state index is 11.7. The fourth-order valence-corrected chi connectivity index (χ4v) is 1.78. The van der Waals surface area contributed by atoms with E-state index < -0.39 is 0 Å². The molecule has 0 heterocycles. The Morgan fingerprint density at radius 2 is 1.85 bits per heavy atom. The van der Waals surface area contributed by atoms with Gasteiger partial charge >= 0.3 is 0 Å². The van der Waals surface area contributed by atoms with Crippen molar-refractivity contribution in [2.24, 2.45) is 0 Å². The summed E-state index contributed by atoms with van der Waals surface area (Å²) in [4.78, 5) is 23.1. The van der Waals surface area contributed by atoms with E-state index in [2.05, 4.69) is 10.6 Å². The predicted molar refractivity (Wildman–Crippen MR) is 77.4 cm³/mol. The lowest BCUT2D eigenvalue weighted by Crippen LogP contribution is -2.38. The predicted octanol–water partition coefficient (Wildman–Crippen LogP) is 1.06. The Morgan fingerprint density at radius 1 is 1.15 bits per heavy atom. The lowest BCUT2D eigenvalue weighted by molar-refractivity contribution is -0.126. The molecule has 2 N–H and O–H groups in total. The number of benzene rings is 1. The monoisotopic (exact) mass is 278 g/mol. The highest BCUT2D eigenvalue weighted by Gasteiger charge is 2.11. The van der Waals surface area contributed by atoms with Crippen molar-refractivity contribution in [1.29, 1.82) is 0 Å². The minimum Gasteiger partial charge on any atom is -0.383 e. The van der Waals surface area contributed by atoms with Crippen molar-refractivity contribution in [1.82, 2.24) is 10.6 Å². The standard InChI is InChI=1S/C15H22N2O3/c1-12(13-6-4-3-5-7-13)10-14(18)17-11-15(19)16-8-9-20-2/h3-7,12H,8-11H2,1-2H3,(H,16,19)(H,17,18). The zero-order valence-electron chi connectivity index (χ0n) is 12.0. The first-order chi connectivity index (χ1) is 9.63. The van der Waals surface area contributed by atoms with Crippen molar-refractivity contribution in [2.75, 3.05) is 26.8 Å². The van der Waals surface area contributed by atoms with Gasteiger partial charge in [0.15, 0.2) is 0 Å². The molecule has 2 amide bonds. The van der Waals surface area contributed by atoms with Crippen LogP contribution in [-0.2, 0) is 14.3 Å². The van der Waals surface area contributed by atoms with Crippen LogP contribution in [-0.4, -0.2) is 38.6 Å². The van der Waals surface area contributed by atoms with Crippen LogP contribution in [0.3, 0.4) is 0 Å². The van der Waals surface area contributed by atoms with Crippen molar-refractivity contribution in [3.05, 3.63) is 35.9 Å². The molecule has 1 unspecified atom stereocenters. The van der Waals surface area contributed by atoms with E-state index in [0.717, 1.165) is 5.56 Å². The molecule has 0 saturated heterocycles. The lowest BCUT2D eigenvalue weighted by atomic mass is 9.98. The maximum Gasteiger partial charge on any atom is 0.239 e. The zero-order chi connectivity index (χ0) is 14.8. The van der Waals surface area contributed by atoms with Gasteiger partial charge in [-0.15, -0.1) is 0 Å². The molecule has 20 heavy (non-hydrogen) atoms. The summed E-state index contributed by atoms with van der Waals surface area (Å²) in [5.41, 5.74) is 1.12. The minimum absolute atomic E-state index is 0.00403. The average molecular weight is 278 g/mol. The van der Waals surface area contributed by atoms with Gasteiger partial charge < -0.3 is 15.4 Å². The fourth-order valence-electron chi connectivity index (χ4n) is 1.78. The Hall–Kier alpha value is -1.88. The Labute approximate surface area is 119 Å². The summed E-state index contributed by atoms with van der Waals surface area (Å²) in [7, 11) is 1.57. The van der Waals surface area contributed by atoms with E-state index in [4.69, 9.17) is 4.74 Å². The first kappa shape index (κ1) is 16.2. The van der Waals surface area contributed by atoms with Crippen molar-refractivity contribution >= 4 is 11.8 Å². The number of nitrogens with one attached hydrogen (secondary N) is 2. The van der Waals surface area contributed by atoms with E-state index in [1.54, 1.807) is 7.11 Å². The van der Waals surface area contributed by atoms with Gasteiger partial charge in [-0.25, -0.2) is 0 Å². The van der Waals surface area contributed by atoms with Crippen LogP contribution in [0.2, 0.25) is 0 Å². The molecule has 0 aliphatic rings. The number of methoxy groups -OCH3 is 1. The third-order valence-electron chi connectivity index (χ3n) is 2.93. The molecule has 5 nitrogen and oxygen atoms in total. The van der Waals surface area contributed by atoms with Gasteiger partial charge in [0.05, 0.1) is 13.2 Å². The molecule has 0 bridgehead atoms. The summed E-state index contributed by atoms with van der Waals surface area (Å²) in [6.07, 6.45) is 0.370. The number of hydrogen-bond donors (Lipinski definition) is 2. The molecule has 0 aliphatic carbocycles. The molecule has 0 spiro atoms. The topological polar surface area (TPSA) is 67.4 Å². The molecule has 1 atom stereocenters. The van der Waals surface area contributed by atoms with Gasteiger partial charge in [-0.1, -0.05) is 37.3 Å². The van der Waals surface area contributed by atoms with Gasteiger partial charge in [-0.05, 0) is 11.5 Å². The van der Waals surface area contributed by atoms with Gasteiger partial charge in [0.25, 0.3) is 0 Å². The molecule has 1 rings (SSSR count). The van der Waals surface area contributed by atoms with Gasteiger partial charge in [0, 0.05) is 20.1 Å². The summed E-state index contributed by atoms with van der Waals surface area (Å²) in [6.45, 7) is 2.91. The second kappa shape index (κ2) is 9.09. The van der Waals surface area contributed by atoms with Crippen molar-refractivity contribution in [3.63, 3.8) is 0 Å². The maximum atomic E-state index is 11.7. The van der Waals surface area contributed by atoms with Gasteiger partial charge in [0.2, 0.25) is 11.8 Å². The first-order valence-corrected chi connectivity index (χ1v) is 6.70. The third-order valence-corrected chi connectivity index (χ3v) is 2.93. The summed E-state index contributed by atoms with van der Waals surface area (Å²) in [5, 5.41) is 5.26. The van der Waals surface area contributed by atoms with Gasteiger partial charge in [-0.2, -0.15) is 0 Å². The largest absolute Gasteiger partial charge is 0.383 e. The van der Waals surface area contributed by atoms with Crippen LogP contribution in [0.4, 0.5) is 0 Å². The summed E-state index contributed by atoms with van der Waals surface area (Å²) >= 11 is 0. The fraction of sp³-hybridized carbons (Fsp3) is 0.467. The molecule has 0 aromatic heterocycles. The van der Waals surface area contributed by atoms with Gasteiger partial charge in [-0.3, -0.25) is 9.59 Å². The summed E-state index contributed by atoms with van der Waals surface area (Å²) < 4.78 is 4.82.